The summed E-state index contributed by atoms with van der Waals surface area (Å²) in [6, 6.07) is 0. The van der Waals surface area contributed by atoms with Gasteiger partial charge in [-0.3, -0.25) is 14.4 Å². The van der Waals surface area contributed by atoms with Crippen LogP contribution in [0.25, 0.3) is 0 Å². The van der Waals surface area contributed by atoms with E-state index in [0.29, 0.717) is 26.1 Å². The molecule has 160 valence electrons. The molecule has 1 fully saturated rings. The summed E-state index contributed by atoms with van der Waals surface area (Å²) in [7, 11) is 0. The Hall–Kier alpha value is -2.32. The van der Waals surface area contributed by atoms with Gasteiger partial charge in [-0.05, 0) is 48.0 Å². The molecule has 0 aromatic carbocycles. The second-order valence-corrected chi connectivity index (χ2v) is 8.93. The molecule has 4 amide bonds. The normalized spacial score (nSPS) is 17.3. The molecule has 9 nitrogen and oxygen atoms in total. The molecule has 1 atom stereocenters. The lowest BCUT2D eigenvalue weighted by Crippen LogP contribution is -2.43. The molecule has 9 heteroatoms. The van der Waals surface area contributed by atoms with Gasteiger partial charge in [0.2, 0.25) is 17.7 Å². The van der Waals surface area contributed by atoms with E-state index in [4.69, 9.17) is 4.74 Å². The highest BCUT2D eigenvalue weighted by Gasteiger charge is 2.39. The Morgan fingerprint density at radius 3 is 2.18 bits per heavy atom. The molecule has 0 bridgehead atoms. The number of carbonyl (C=O) groups excluding carboxylic acids is 4. The molecule has 3 N–H and O–H groups in total. The summed E-state index contributed by atoms with van der Waals surface area (Å²) in [6.07, 6.45) is 0.134. The molecule has 0 aromatic heterocycles. The molecule has 1 aliphatic rings. The van der Waals surface area contributed by atoms with E-state index in [9.17, 15) is 19.2 Å². The van der Waals surface area contributed by atoms with Crippen molar-refractivity contribution in [3.05, 3.63) is 0 Å². The van der Waals surface area contributed by atoms with Crippen LogP contribution in [0.2, 0.25) is 0 Å². The van der Waals surface area contributed by atoms with Gasteiger partial charge in [0.25, 0.3) is 0 Å². The molecule has 1 heterocycles. The van der Waals surface area contributed by atoms with Crippen molar-refractivity contribution in [2.75, 3.05) is 26.2 Å². The number of carbonyl (C=O) groups is 4. The van der Waals surface area contributed by atoms with Crippen LogP contribution in [0.3, 0.4) is 0 Å². The lowest BCUT2D eigenvalue weighted by Gasteiger charge is -2.31. The van der Waals surface area contributed by atoms with E-state index >= 15 is 0 Å². The number of likely N-dealkylation sites (tertiary alicyclic amines) is 1. The second-order valence-electron chi connectivity index (χ2n) is 8.93. The van der Waals surface area contributed by atoms with Crippen molar-refractivity contribution in [3.8, 4) is 0 Å². The number of hydrogen-bond donors (Lipinski definition) is 3. The predicted octanol–water partition coefficient (Wildman–Crippen LogP) is 0.781. The summed E-state index contributed by atoms with van der Waals surface area (Å²) in [5.41, 5.74) is -0.906. The summed E-state index contributed by atoms with van der Waals surface area (Å²) >= 11 is 0. The monoisotopic (exact) mass is 398 g/mol. The van der Waals surface area contributed by atoms with Gasteiger partial charge in [0.1, 0.15) is 5.60 Å². The number of hydrogen-bond acceptors (Lipinski definition) is 5. The van der Waals surface area contributed by atoms with Gasteiger partial charge in [-0.25, -0.2) is 4.79 Å². The van der Waals surface area contributed by atoms with Crippen molar-refractivity contribution in [1.29, 1.82) is 0 Å². The van der Waals surface area contributed by atoms with Crippen LogP contribution in [-0.2, 0) is 19.1 Å². The zero-order chi connectivity index (χ0) is 21.5. The largest absolute Gasteiger partial charge is 0.444 e. The van der Waals surface area contributed by atoms with Gasteiger partial charge < -0.3 is 25.6 Å². The molecule has 1 saturated heterocycles. The van der Waals surface area contributed by atoms with Crippen LogP contribution in [0.5, 0.6) is 0 Å². The summed E-state index contributed by atoms with van der Waals surface area (Å²) in [4.78, 5) is 49.1. The van der Waals surface area contributed by atoms with Crippen molar-refractivity contribution in [2.24, 2.45) is 5.92 Å². The van der Waals surface area contributed by atoms with Gasteiger partial charge in [0.05, 0.1) is 12.5 Å². The van der Waals surface area contributed by atoms with Gasteiger partial charge in [-0.2, -0.15) is 0 Å². The second kappa shape index (κ2) is 9.75. The maximum absolute atomic E-state index is 12.2. The van der Waals surface area contributed by atoms with Gasteiger partial charge in [0, 0.05) is 31.6 Å². The number of rotatable bonds is 7. The van der Waals surface area contributed by atoms with E-state index in [1.807, 2.05) is 20.8 Å². The van der Waals surface area contributed by atoms with E-state index in [1.165, 1.54) is 0 Å². The van der Waals surface area contributed by atoms with Crippen molar-refractivity contribution in [2.45, 2.75) is 65.5 Å². The highest BCUT2D eigenvalue weighted by atomic mass is 16.6. The Morgan fingerprint density at radius 2 is 1.64 bits per heavy atom. The highest BCUT2D eigenvalue weighted by molar-refractivity contribution is 5.89. The van der Waals surface area contributed by atoms with Crippen LogP contribution >= 0.6 is 0 Å². The molecule has 0 aliphatic carbocycles. The fraction of sp³-hybridized carbons (Fsp3) is 0.789. The fourth-order valence-corrected chi connectivity index (χ4v) is 2.73. The number of ether oxygens (including phenoxy) is 1. The number of nitrogens with zero attached hydrogens (tertiary/aromatic N) is 1. The SMILES string of the molecule is CC(C)(C)OC(=O)NCC(=O)NCCCNC(=O)C1CC(=O)N(C(C)(C)C)C1. The van der Waals surface area contributed by atoms with Crippen LogP contribution in [0.15, 0.2) is 0 Å². The van der Waals surface area contributed by atoms with Gasteiger partial charge >= 0.3 is 6.09 Å². The molecule has 1 aliphatic heterocycles. The summed E-state index contributed by atoms with van der Waals surface area (Å²) in [5.74, 6) is -0.811. The highest BCUT2D eigenvalue weighted by Crippen LogP contribution is 2.25. The maximum atomic E-state index is 12.2. The topological polar surface area (TPSA) is 117 Å². The first kappa shape index (κ1) is 23.7. The molecule has 0 spiro atoms. The summed E-state index contributed by atoms with van der Waals surface area (Å²) < 4.78 is 5.04. The molecule has 1 rings (SSSR count). The average molecular weight is 399 g/mol. The standard InChI is InChI=1S/C19H34N4O5/c1-18(2,3)23-12-13(10-15(23)25)16(26)21-9-7-8-20-14(24)11-22-17(27)28-19(4,5)6/h13H,7-12H2,1-6H3,(H,20,24)(H,21,26)(H,22,27). The fourth-order valence-electron chi connectivity index (χ4n) is 2.73. The molecular formula is C19H34N4O5. The lowest BCUT2D eigenvalue weighted by molar-refractivity contribution is -0.132. The quantitative estimate of drug-likeness (QED) is 0.548. The molecule has 0 aromatic rings. The third kappa shape index (κ3) is 8.58. The smallest absolute Gasteiger partial charge is 0.408 e. The van der Waals surface area contributed by atoms with Gasteiger partial charge in [-0.1, -0.05) is 0 Å². The number of amides is 4. The lowest BCUT2D eigenvalue weighted by atomic mass is 10.1. The Labute approximate surface area is 166 Å². The van der Waals surface area contributed by atoms with E-state index < -0.39 is 11.7 Å². The predicted molar refractivity (Wildman–Crippen MR) is 104 cm³/mol. The first-order valence-corrected chi connectivity index (χ1v) is 9.61. The van der Waals surface area contributed by atoms with Crippen LogP contribution in [0, 0.1) is 5.92 Å². The molecule has 1 unspecified atom stereocenters. The zero-order valence-electron chi connectivity index (χ0n) is 17.8. The van der Waals surface area contributed by atoms with E-state index in [0.717, 1.165) is 0 Å². The van der Waals surface area contributed by atoms with Crippen LogP contribution in [-0.4, -0.2) is 66.0 Å². The van der Waals surface area contributed by atoms with E-state index in [-0.39, 0.29) is 42.1 Å². The summed E-state index contributed by atoms with van der Waals surface area (Å²) in [5, 5.41) is 7.84. The minimum absolute atomic E-state index is 0.00241. The van der Waals surface area contributed by atoms with Crippen LogP contribution in [0.1, 0.15) is 54.4 Å². The van der Waals surface area contributed by atoms with E-state index in [2.05, 4.69) is 16.0 Å². The average Bonchev–Trinajstić information content (AvgIpc) is 2.93. The van der Waals surface area contributed by atoms with Gasteiger partial charge in [0.15, 0.2) is 0 Å². The van der Waals surface area contributed by atoms with Gasteiger partial charge in [-0.15, -0.1) is 0 Å². The first-order valence-electron chi connectivity index (χ1n) is 9.61. The third-order valence-electron chi connectivity index (χ3n) is 4.07. The minimum atomic E-state index is -0.648. The Kier molecular flexibility index (Phi) is 8.26. The molecule has 0 radical (unpaired) electrons. The Bertz CT molecular complexity index is 592. The molecular weight excluding hydrogens is 364 g/mol. The Morgan fingerprint density at radius 1 is 1.04 bits per heavy atom. The maximum Gasteiger partial charge on any atom is 0.408 e. The van der Waals surface area contributed by atoms with Crippen molar-refractivity contribution >= 4 is 23.8 Å². The first-order chi connectivity index (χ1) is 12.8. The van der Waals surface area contributed by atoms with Crippen molar-refractivity contribution in [3.63, 3.8) is 0 Å². The number of alkyl carbamates (subject to hydrolysis) is 1. The van der Waals surface area contributed by atoms with E-state index in [1.54, 1.807) is 25.7 Å². The molecule has 28 heavy (non-hydrogen) atoms. The number of nitrogens with one attached hydrogen (secondary N) is 3. The summed E-state index contributed by atoms with van der Waals surface area (Å²) in [6.45, 7) is 12.1. The third-order valence-corrected chi connectivity index (χ3v) is 4.07. The van der Waals surface area contributed by atoms with Crippen LogP contribution < -0.4 is 16.0 Å². The minimum Gasteiger partial charge on any atom is -0.444 e. The van der Waals surface area contributed by atoms with Crippen molar-refractivity contribution in [1.82, 2.24) is 20.9 Å². The molecule has 0 saturated carbocycles. The Balaban J connectivity index is 2.17. The van der Waals surface area contributed by atoms with Crippen LogP contribution in [0.4, 0.5) is 4.79 Å². The zero-order valence-corrected chi connectivity index (χ0v) is 17.8. The van der Waals surface area contributed by atoms with Crippen molar-refractivity contribution < 1.29 is 23.9 Å².